The molecular weight excluding hydrogens is 328 g/mol. The van der Waals surface area contributed by atoms with Crippen molar-refractivity contribution in [2.75, 3.05) is 0 Å². The molecule has 1 aromatic carbocycles. The number of rotatable bonds is 3. The average molecular weight is 342 g/mol. The van der Waals surface area contributed by atoms with Crippen LogP contribution >= 0.6 is 11.3 Å². The first-order chi connectivity index (χ1) is 11.4. The second-order valence-electron chi connectivity index (χ2n) is 5.33. The van der Waals surface area contributed by atoms with E-state index in [0.29, 0.717) is 21.6 Å². The molecule has 3 rings (SSSR count). The Bertz CT molecular complexity index is 1030. The van der Waals surface area contributed by atoms with Crippen molar-refractivity contribution in [2.45, 2.75) is 20.8 Å². The molecule has 0 atom stereocenters. The molecule has 24 heavy (non-hydrogen) atoms. The molecule has 0 aliphatic heterocycles. The second-order valence-corrected chi connectivity index (χ2v) is 6.54. The van der Waals surface area contributed by atoms with Gasteiger partial charge >= 0.3 is 0 Å². The van der Waals surface area contributed by atoms with E-state index in [0.717, 1.165) is 10.4 Å². The lowest BCUT2D eigenvalue weighted by Gasteiger charge is -2.03. The van der Waals surface area contributed by atoms with Crippen LogP contribution in [0.1, 0.15) is 21.8 Å². The first kappa shape index (κ1) is 16.0. The summed E-state index contributed by atoms with van der Waals surface area (Å²) in [6, 6.07) is 5.94. The van der Waals surface area contributed by atoms with Gasteiger partial charge in [-0.25, -0.2) is 4.98 Å². The number of nitrogens with zero attached hydrogens (tertiary/aromatic N) is 4. The Hall–Kier alpha value is -2.87. The molecule has 0 N–H and O–H groups in total. The molecule has 0 aliphatic rings. The maximum absolute atomic E-state index is 12.7. The Labute approximate surface area is 141 Å². The molecule has 0 saturated heterocycles. The van der Waals surface area contributed by atoms with Crippen molar-refractivity contribution in [3.05, 3.63) is 66.6 Å². The van der Waals surface area contributed by atoms with Gasteiger partial charge in [0.2, 0.25) is 0 Å². The molecule has 8 heteroatoms. The maximum Gasteiger partial charge on any atom is 0.283 e. The smallest absolute Gasteiger partial charge is 0.267 e. The summed E-state index contributed by atoms with van der Waals surface area (Å²) in [4.78, 5) is 29.1. The molecule has 3 aromatic rings. The lowest BCUT2D eigenvalue weighted by atomic mass is 10.2. The van der Waals surface area contributed by atoms with Crippen LogP contribution in [0.4, 0.5) is 5.69 Å². The highest BCUT2D eigenvalue weighted by molar-refractivity contribution is 7.18. The molecule has 0 bridgehead atoms. The fraction of sp³-hybridized carbons (Fsp3) is 0.188. The van der Waals surface area contributed by atoms with Crippen molar-refractivity contribution >= 4 is 33.5 Å². The molecule has 7 nitrogen and oxygen atoms in total. The fourth-order valence-corrected chi connectivity index (χ4v) is 3.39. The van der Waals surface area contributed by atoms with Gasteiger partial charge in [-0.05, 0) is 44.0 Å². The zero-order valence-electron chi connectivity index (χ0n) is 13.3. The van der Waals surface area contributed by atoms with Crippen molar-refractivity contribution in [1.82, 2.24) is 9.66 Å². The van der Waals surface area contributed by atoms with Gasteiger partial charge in [0.05, 0.1) is 16.5 Å². The summed E-state index contributed by atoms with van der Waals surface area (Å²) in [5.74, 6) is 0.493. The van der Waals surface area contributed by atoms with Gasteiger partial charge in [-0.3, -0.25) is 14.9 Å². The van der Waals surface area contributed by atoms with Crippen molar-refractivity contribution in [2.24, 2.45) is 5.10 Å². The van der Waals surface area contributed by atoms with Gasteiger partial charge in [0, 0.05) is 17.0 Å². The van der Waals surface area contributed by atoms with Crippen molar-refractivity contribution in [1.29, 1.82) is 0 Å². The Kier molecular flexibility index (Phi) is 3.98. The largest absolute Gasteiger partial charge is 0.283 e. The summed E-state index contributed by atoms with van der Waals surface area (Å²) in [5.41, 5.74) is 1.38. The van der Waals surface area contributed by atoms with Crippen LogP contribution in [0.5, 0.6) is 0 Å². The lowest BCUT2D eigenvalue weighted by molar-refractivity contribution is -0.384. The summed E-state index contributed by atoms with van der Waals surface area (Å²) in [7, 11) is 0. The molecule has 0 radical (unpaired) electrons. The van der Waals surface area contributed by atoms with Gasteiger partial charge in [-0.15, -0.1) is 11.3 Å². The Morgan fingerprint density at radius 1 is 1.25 bits per heavy atom. The number of nitro benzene ring substituents is 1. The average Bonchev–Trinajstić information content (AvgIpc) is 2.82. The third-order valence-corrected chi connectivity index (χ3v) is 4.87. The summed E-state index contributed by atoms with van der Waals surface area (Å²) < 4.78 is 1.25. The number of benzene rings is 1. The van der Waals surface area contributed by atoms with Gasteiger partial charge in [-0.1, -0.05) is 0 Å². The normalized spacial score (nSPS) is 11.5. The number of thiophene rings is 1. The minimum absolute atomic E-state index is 0.00737. The third-order valence-electron chi connectivity index (χ3n) is 3.77. The van der Waals surface area contributed by atoms with Crippen LogP contribution in [0, 0.1) is 30.9 Å². The molecule has 2 aromatic heterocycles. The Morgan fingerprint density at radius 2 is 1.92 bits per heavy atom. The SMILES string of the molecule is Cc1sc2nc(C)n(/N=C\c3ccc([N+](=O)[O-])cc3)c(=O)c2c1C. The minimum atomic E-state index is -0.463. The van der Waals surface area contributed by atoms with E-state index in [4.69, 9.17) is 0 Å². The molecule has 0 aliphatic carbocycles. The maximum atomic E-state index is 12.7. The van der Waals surface area contributed by atoms with Crippen LogP contribution in [0.2, 0.25) is 0 Å². The quantitative estimate of drug-likeness (QED) is 0.415. The monoisotopic (exact) mass is 342 g/mol. The van der Waals surface area contributed by atoms with Crippen LogP contribution in [0.25, 0.3) is 10.2 Å². The molecular formula is C16H14N4O3S. The summed E-state index contributed by atoms with van der Waals surface area (Å²) >= 11 is 1.49. The highest BCUT2D eigenvalue weighted by Gasteiger charge is 2.14. The van der Waals surface area contributed by atoms with Gasteiger partial charge in [-0.2, -0.15) is 9.78 Å². The van der Waals surface area contributed by atoms with Crippen LogP contribution in [0.15, 0.2) is 34.2 Å². The fourth-order valence-electron chi connectivity index (χ4n) is 2.33. The number of aromatic nitrogens is 2. The number of hydrogen-bond donors (Lipinski definition) is 0. The molecule has 2 heterocycles. The number of fused-ring (bicyclic) bond motifs is 1. The van der Waals surface area contributed by atoms with Crippen molar-refractivity contribution in [3.63, 3.8) is 0 Å². The van der Waals surface area contributed by atoms with Crippen LogP contribution in [-0.2, 0) is 0 Å². The van der Waals surface area contributed by atoms with Crippen LogP contribution < -0.4 is 5.56 Å². The van der Waals surface area contributed by atoms with Gasteiger partial charge in [0.15, 0.2) is 0 Å². The zero-order chi connectivity index (χ0) is 17.4. The minimum Gasteiger partial charge on any atom is -0.267 e. The Balaban J connectivity index is 2.05. The van der Waals surface area contributed by atoms with Crippen molar-refractivity contribution in [3.8, 4) is 0 Å². The Morgan fingerprint density at radius 3 is 2.54 bits per heavy atom. The van der Waals surface area contributed by atoms with Crippen LogP contribution in [-0.4, -0.2) is 20.8 Å². The number of nitro groups is 1. The topological polar surface area (TPSA) is 90.4 Å². The molecule has 0 spiro atoms. The first-order valence-electron chi connectivity index (χ1n) is 7.16. The predicted molar refractivity (Wildman–Crippen MR) is 94.2 cm³/mol. The summed E-state index contributed by atoms with van der Waals surface area (Å²) in [5, 5.41) is 15.4. The van der Waals surface area contributed by atoms with E-state index in [1.807, 2.05) is 13.8 Å². The second kappa shape index (κ2) is 5.97. The molecule has 0 unspecified atom stereocenters. The van der Waals surface area contributed by atoms with Gasteiger partial charge in [0.25, 0.3) is 11.2 Å². The molecule has 0 amide bonds. The van der Waals surface area contributed by atoms with E-state index in [-0.39, 0.29) is 11.2 Å². The summed E-state index contributed by atoms with van der Waals surface area (Å²) in [6.07, 6.45) is 1.49. The number of aryl methyl sites for hydroxylation is 3. The number of hydrogen-bond acceptors (Lipinski definition) is 6. The molecule has 122 valence electrons. The van der Waals surface area contributed by atoms with E-state index >= 15 is 0 Å². The van der Waals surface area contributed by atoms with E-state index in [1.165, 1.54) is 34.4 Å². The molecule has 0 fully saturated rings. The molecule has 0 saturated carbocycles. The van der Waals surface area contributed by atoms with E-state index in [1.54, 1.807) is 19.1 Å². The first-order valence-corrected chi connectivity index (χ1v) is 7.98. The highest BCUT2D eigenvalue weighted by atomic mass is 32.1. The lowest BCUT2D eigenvalue weighted by Crippen LogP contribution is -2.20. The summed E-state index contributed by atoms with van der Waals surface area (Å²) in [6.45, 7) is 5.58. The van der Waals surface area contributed by atoms with Crippen LogP contribution in [0.3, 0.4) is 0 Å². The highest BCUT2D eigenvalue weighted by Crippen LogP contribution is 2.26. The zero-order valence-corrected chi connectivity index (χ0v) is 14.1. The van der Waals surface area contributed by atoms with Crippen molar-refractivity contribution < 1.29 is 4.92 Å². The van der Waals surface area contributed by atoms with E-state index in [2.05, 4.69) is 10.1 Å². The van der Waals surface area contributed by atoms with Gasteiger partial charge in [0.1, 0.15) is 10.7 Å². The third kappa shape index (κ3) is 2.71. The predicted octanol–water partition coefficient (Wildman–Crippen LogP) is 3.17. The van der Waals surface area contributed by atoms with E-state index in [9.17, 15) is 14.9 Å². The standard InChI is InChI=1S/C16H14N4O3S/c1-9-10(2)24-15-14(9)16(21)19(11(3)18-15)17-8-12-4-6-13(7-5-12)20(22)23/h4-8H,1-3H3/b17-8-. The van der Waals surface area contributed by atoms with E-state index < -0.39 is 4.92 Å². The van der Waals surface area contributed by atoms with Gasteiger partial charge < -0.3 is 0 Å². The number of non-ortho nitro benzene ring substituents is 1.